The van der Waals surface area contributed by atoms with Crippen LogP contribution in [0.15, 0.2) is 29.6 Å². The number of nitrogen functional groups attached to an aromatic ring is 1. The van der Waals surface area contributed by atoms with Crippen LogP contribution >= 0.6 is 11.3 Å². The first-order valence-corrected chi connectivity index (χ1v) is 6.16. The Kier molecular flexibility index (Phi) is 3.57. The summed E-state index contributed by atoms with van der Waals surface area (Å²) in [6, 6.07) is 5.76. The second-order valence-corrected chi connectivity index (χ2v) is 4.67. The van der Waals surface area contributed by atoms with Crippen LogP contribution in [-0.4, -0.2) is 17.9 Å². The Balaban J connectivity index is 2.07. The van der Waals surface area contributed by atoms with Crippen LogP contribution < -0.4 is 10.6 Å². The molecule has 1 amide bonds. The summed E-state index contributed by atoms with van der Waals surface area (Å²) in [5, 5.41) is 2.20. The highest BCUT2D eigenvalue weighted by atomic mass is 32.1. The van der Waals surface area contributed by atoms with Crippen molar-refractivity contribution in [2.45, 2.75) is 6.42 Å². The maximum atomic E-state index is 12.8. The summed E-state index contributed by atoms with van der Waals surface area (Å²) >= 11 is 1.30. The number of hydrogen-bond acceptors (Lipinski definition) is 4. The lowest BCUT2D eigenvalue weighted by Gasteiger charge is -2.16. The smallest absolute Gasteiger partial charge is 0.232 e. The first kappa shape index (κ1) is 12.5. The van der Waals surface area contributed by atoms with Crippen LogP contribution in [0.3, 0.4) is 0 Å². The summed E-state index contributed by atoms with van der Waals surface area (Å²) in [4.78, 5) is 17.5. The Morgan fingerprint density at radius 3 is 2.67 bits per heavy atom. The molecule has 6 heteroatoms. The molecule has 0 radical (unpaired) electrons. The standard InChI is InChI=1S/C12H12FN3OS/c1-16(10-4-2-8(13)3-5-10)11(17)6-9-7-18-12(14)15-9/h2-5,7H,6H2,1H3,(H2,14,15). The lowest BCUT2D eigenvalue weighted by atomic mass is 10.2. The van der Waals surface area contributed by atoms with Gasteiger partial charge in [0.05, 0.1) is 12.1 Å². The quantitative estimate of drug-likeness (QED) is 0.924. The van der Waals surface area contributed by atoms with Gasteiger partial charge in [0.1, 0.15) is 5.82 Å². The van der Waals surface area contributed by atoms with Crippen LogP contribution in [-0.2, 0) is 11.2 Å². The lowest BCUT2D eigenvalue weighted by Crippen LogP contribution is -2.27. The van der Waals surface area contributed by atoms with E-state index < -0.39 is 0 Å². The van der Waals surface area contributed by atoms with Crippen LogP contribution in [0.2, 0.25) is 0 Å². The van der Waals surface area contributed by atoms with Crippen molar-refractivity contribution in [3.8, 4) is 0 Å². The van der Waals surface area contributed by atoms with Gasteiger partial charge in [0.25, 0.3) is 0 Å². The Bertz CT molecular complexity index is 553. The van der Waals surface area contributed by atoms with E-state index in [0.29, 0.717) is 16.5 Å². The van der Waals surface area contributed by atoms with Gasteiger partial charge in [0.2, 0.25) is 5.91 Å². The number of halogens is 1. The molecule has 94 valence electrons. The van der Waals surface area contributed by atoms with Crippen LogP contribution in [0.25, 0.3) is 0 Å². The molecule has 0 atom stereocenters. The Hall–Kier alpha value is -1.95. The molecule has 0 bridgehead atoms. The van der Waals surface area contributed by atoms with Gasteiger partial charge in [-0.3, -0.25) is 4.79 Å². The summed E-state index contributed by atoms with van der Waals surface area (Å²) in [5.74, 6) is -0.446. The van der Waals surface area contributed by atoms with Gasteiger partial charge in [-0.1, -0.05) is 0 Å². The van der Waals surface area contributed by atoms with Crippen LogP contribution in [0, 0.1) is 5.82 Å². The normalized spacial score (nSPS) is 10.3. The van der Waals surface area contributed by atoms with Gasteiger partial charge in [0.15, 0.2) is 5.13 Å². The van der Waals surface area contributed by atoms with Crippen molar-refractivity contribution in [2.24, 2.45) is 0 Å². The average molecular weight is 265 g/mol. The van der Waals surface area contributed by atoms with Gasteiger partial charge in [-0.2, -0.15) is 0 Å². The molecule has 1 aromatic carbocycles. The zero-order valence-corrected chi connectivity index (χ0v) is 10.6. The van der Waals surface area contributed by atoms with Crippen LogP contribution in [0.4, 0.5) is 15.2 Å². The fourth-order valence-electron chi connectivity index (χ4n) is 1.49. The zero-order chi connectivity index (χ0) is 13.1. The van der Waals surface area contributed by atoms with Gasteiger partial charge in [-0.15, -0.1) is 11.3 Å². The van der Waals surface area contributed by atoms with E-state index in [1.807, 2.05) is 0 Å². The lowest BCUT2D eigenvalue weighted by molar-refractivity contribution is -0.117. The molecule has 2 aromatic rings. The van der Waals surface area contributed by atoms with Crippen LogP contribution in [0.1, 0.15) is 5.69 Å². The molecule has 4 nitrogen and oxygen atoms in total. The summed E-state index contributed by atoms with van der Waals surface area (Å²) in [5.41, 5.74) is 6.79. The van der Waals surface area contributed by atoms with E-state index in [-0.39, 0.29) is 18.1 Å². The fraction of sp³-hybridized carbons (Fsp3) is 0.167. The van der Waals surface area contributed by atoms with Crippen molar-refractivity contribution in [2.75, 3.05) is 17.7 Å². The Labute approximate surface area is 108 Å². The van der Waals surface area contributed by atoms with Crippen molar-refractivity contribution in [1.29, 1.82) is 0 Å². The predicted octanol–water partition coefficient (Wildman–Crippen LogP) is 2.07. The summed E-state index contributed by atoms with van der Waals surface area (Å²) < 4.78 is 12.8. The maximum Gasteiger partial charge on any atom is 0.232 e. The topological polar surface area (TPSA) is 59.2 Å². The number of hydrogen-bond donors (Lipinski definition) is 1. The van der Waals surface area contributed by atoms with Gasteiger partial charge in [-0.25, -0.2) is 9.37 Å². The zero-order valence-electron chi connectivity index (χ0n) is 9.76. The monoisotopic (exact) mass is 265 g/mol. The number of rotatable bonds is 3. The number of likely N-dealkylation sites (N-methyl/N-ethyl adjacent to an activating group) is 1. The van der Waals surface area contributed by atoms with Gasteiger partial charge < -0.3 is 10.6 Å². The van der Waals surface area contributed by atoms with Crippen molar-refractivity contribution in [1.82, 2.24) is 4.98 Å². The third-order valence-corrected chi connectivity index (χ3v) is 3.21. The number of benzene rings is 1. The molecule has 0 aliphatic heterocycles. The fourth-order valence-corrected chi connectivity index (χ4v) is 2.05. The Morgan fingerprint density at radius 1 is 1.44 bits per heavy atom. The highest BCUT2D eigenvalue weighted by molar-refractivity contribution is 7.13. The average Bonchev–Trinajstić information content (AvgIpc) is 2.75. The summed E-state index contributed by atoms with van der Waals surface area (Å²) in [6.07, 6.45) is 0.182. The van der Waals surface area contributed by atoms with Gasteiger partial charge in [-0.05, 0) is 24.3 Å². The number of nitrogens with two attached hydrogens (primary N) is 1. The highest BCUT2D eigenvalue weighted by Crippen LogP contribution is 2.16. The molecule has 0 saturated heterocycles. The molecule has 0 unspecified atom stereocenters. The molecule has 18 heavy (non-hydrogen) atoms. The molecular weight excluding hydrogens is 253 g/mol. The van der Waals surface area contributed by atoms with Crippen molar-refractivity contribution < 1.29 is 9.18 Å². The molecule has 0 aliphatic carbocycles. The van der Waals surface area contributed by atoms with E-state index in [1.54, 1.807) is 24.6 Å². The number of amides is 1. The Morgan fingerprint density at radius 2 is 2.11 bits per heavy atom. The molecular formula is C12H12FN3OS. The molecule has 1 heterocycles. The number of aromatic nitrogens is 1. The molecule has 0 spiro atoms. The van der Waals surface area contributed by atoms with E-state index >= 15 is 0 Å². The minimum atomic E-state index is -0.327. The molecule has 0 aliphatic rings. The predicted molar refractivity (Wildman–Crippen MR) is 70.0 cm³/mol. The van der Waals surface area contributed by atoms with Gasteiger partial charge in [0, 0.05) is 18.1 Å². The highest BCUT2D eigenvalue weighted by Gasteiger charge is 2.13. The number of anilines is 2. The second-order valence-electron chi connectivity index (χ2n) is 3.78. The summed E-state index contributed by atoms with van der Waals surface area (Å²) in [7, 11) is 1.64. The minimum Gasteiger partial charge on any atom is -0.375 e. The minimum absolute atomic E-state index is 0.119. The number of thiazole rings is 1. The first-order valence-electron chi connectivity index (χ1n) is 5.28. The van der Waals surface area contributed by atoms with Crippen LogP contribution in [0.5, 0.6) is 0 Å². The van der Waals surface area contributed by atoms with Crippen molar-refractivity contribution in [3.63, 3.8) is 0 Å². The molecule has 1 aromatic heterocycles. The number of nitrogens with zero attached hydrogens (tertiary/aromatic N) is 2. The second kappa shape index (κ2) is 5.14. The number of carbonyl (C=O) groups is 1. The molecule has 0 fully saturated rings. The third kappa shape index (κ3) is 2.84. The van der Waals surface area contributed by atoms with Gasteiger partial charge >= 0.3 is 0 Å². The molecule has 0 saturated carbocycles. The van der Waals surface area contributed by atoms with Crippen molar-refractivity contribution in [3.05, 3.63) is 41.2 Å². The van der Waals surface area contributed by atoms with Crippen molar-refractivity contribution >= 4 is 28.1 Å². The SMILES string of the molecule is CN(C(=O)Cc1csc(N)n1)c1ccc(F)cc1. The summed E-state index contributed by atoms with van der Waals surface area (Å²) in [6.45, 7) is 0. The third-order valence-electron chi connectivity index (χ3n) is 2.49. The van der Waals surface area contributed by atoms with E-state index in [9.17, 15) is 9.18 Å². The molecule has 2 rings (SSSR count). The molecule has 2 N–H and O–H groups in total. The van der Waals surface area contributed by atoms with E-state index in [1.165, 1.54) is 28.4 Å². The first-order chi connectivity index (χ1) is 8.56. The maximum absolute atomic E-state index is 12.8. The largest absolute Gasteiger partial charge is 0.375 e. The van der Waals surface area contributed by atoms with E-state index in [2.05, 4.69) is 4.98 Å². The number of carbonyl (C=O) groups excluding carboxylic acids is 1. The van der Waals surface area contributed by atoms with E-state index in [0.717, 1.165) is 0 Å². The van der Waals surface area contributed by atoms with E-state index in [4.69, 9.17) is 5.73 Å².